The Morgan fingerprint density at radius 1 is 1.22 bits per heavy atom. The maximum atomic E-state index is 11.5. The van der Waals surface area contributed by atoms with Gasteiger partial charge in [-0.15, -0.1) is 0 Å². The van der Waals surface area contributed by atoms with Crippen LogP contribution in [-0.4, -0.2) is 25.7 Å². The Morgan fingerprint density at radius 2 is 1.89 bits per heavy atom. The quantitative estimate of drug-likeness (QED) is 0.765. The predicted octanol–water partition coefficient (Wildman–Crippen LogP) is 1.05. The first-order valence-corrected chi connectivity index (χ1v) is 7.59. The highest BCUT2D eigenvalue weighted by Gasteiger charge is 2.24. The van der Waals surface area contributed by atoms with Crippen LogP contribution in [0.25, 0.3) is 0 Å². The van der Waals surface area contributed by atoms with Crippen LogP contribution in [0.15, 0.2) is 29.2 Å². The fourth-order valence-corrected chi connectivity index (χ4v) is 3.02. The maximum Gasteiger partial charge on any atom is 0.240 e. The van der Waals surface area contributed by atoms with Crippen molar-refractivity contribution in [2.45, 2.75) is 42.7 Å². The molecule has 1 aliphatic rings. The first-order chi connectivity index (χ1) is 8.48. The van der Waals surface area contributed by atoms with Crippen LogP contribution in [0.3, 0.4) is 0 Å². The van der Waals surface area contributed by atoms with Crippen LogP contribution in [-0.2, 0) is 10.0 Å². The number of benzene rings is 1. The predicted molar refractivity (Wildman–Crippen MR) is 69.7 cm³/mol. The van der Waals surface area contributed by atoms with Gasteiger partial charge in [0.15, 0.2) is 0 Å². The molecule has 0 radical (unpaired) electrons. The summed E-state index contributed by atoms with van der Waals surface area (Å²) in [5.74, 6) is 0. The minimum Gasteiger partial charge on any atom is -0.391 e. The van der Waals surface area contributed by atoms with Gasteiger partial charge in [-0.1, -0.05) is 25.0 Å². The van der Waals surface area contributed by atoms with E-state index in [-0.39, 0.29) is 10.9 Å². The Morgan fingerprint density at radius 3 is 2.56 bits per heavy atom. The van der Waals surface area contributed by atoms with E-state index in [2.05, 4.69) is 5.32 Å². The van der Waals surface area contributed by atoms with Gasteiger partial charge >= 0.3 is 0 Å². The molecule has 100 valence electrons. The zero-order valence-electron chi connectivity index (χ0n) is 10.0. The van der Waals surface area contributed by atoms with Crippen molar-refractivity contribution >= 4 is 15.7 Å². The van der Waals surface area contributed by atoms with Crippen molar-refractivity contribution in [2.24, 2.45) is 5.14 Å². The average molecular weight is 270 g/mol. The molecule has 1 aromatic carbocycles. The number of nitrogens with two attached hydrogens (primary N) is 1. The maximum absolute atomic E-state index is 11.5. The second-order valence-electron chi connectivity index (χ2n) is 4.64. The van der Waals surface area contributed by atoms with Crippen molar-refractivity contribution in [3.8, 4) is 0 Å². The third kappa shape index (κ3) is 3.01. The molecule has 0 heterocycles. The molecule has 6 heteroatoms. The normalized spacial score (nSPS) is 24.8. The molecule has 0 aromatic heterocycles. The summed E-state index contributed by atoms with van der Waals surface area (Å²) in [4.78, 5) is 0.0720. The molecule has 0 spiro atoms. The Labute approximate surface area is 107 Å². The number of anilines is 1. The van der Waals surface area contributed by atoms with Gasteiger partial charge in [0, 0.05) is 0 Å². The Kier molecular flexibility index (Phi) is 3.89. The highest BCUT2D eigenvalue weighted by molar-refractivity contribution is 7.89. The molecule has 2 atom stereocenters. The minimum atomic E-state index is -3.75. The molecule has 1 aliphatic carbocycles. The van der Waals surface area contributed by atoms with Crippen LogP contribution >= 0.6 is 0 Å². The number of primary sulfonamides is 1. The van der Waals surface area contributed by atoms with Crippen LogP contribution < -0.4 is 10.5 Å². The van der Waals surface area contributed by atoms with E-state index < -0.39 is 16.1 Å². The third-order valence-corrected chi connectivity index (χ3v) is 4.23. The number of hydrogen-bond donors (Lipinski definition) is 3. The van der Waals surface area contributed by atoms with Crippen molar-refractivity contribution in [1.29, 1.82) is 0 Å². The third-order valence-electron chi connectivity index (χ3n) is 3.26. The van der Waals surface area contributed by atoms with E-state index in [1.807, 2.05) is 0 Å². The Hall–Kier alpha value is -1.11. The van der Waals surface area contributed by atoms with E-state index in [9.17, 15) is 13.5 Å². The Balaban J connectivity index is 2.24. The molecule has 2 unspecified atom stereocenters. The van der Waals surface area contributed by atoms with Gasteiger partial charge in [-0.05, 0) is 25.0 Å². The van der Waals surface area contributed by atoms with Crippen LogP contribution in [0.2, 0.25) is 0 Å². The molecule has 1 saturated carbocycles. The van der Waals surface area contributed by atoms with Crippen LogP contribution in [0.4, 0.5) is 5.69 Å². The van der Waals surface area contributed by atoms with Crippen molar-refractivity contribution in [3.63, 3.8) is 0 Å². The lowest BCUT2D eigenvalue weighted by atomic mass is 9.92. The van der Waals surface area contributed by atoms with Gasteiger partial charge in [0.05, 0.1) is 17.8 Å². The fourth-order valence-electron chi connectivity index (χ4n) is 2.31. The van der Waals surface area contributed by atoms with Crippen LogP contribution in [0.5, 0.6) is 0 Å². The molecular weight excluding hydrogens is 252 g/mol. The largest absolute Gasteiger partial charge is 0.391 e. The first kappa shape index (κ1) is 13.3. The summed E-state index contributed by atoms with van der Waals surface area (Å²) in [6.45, 7) is 0. The molecule has 0 aliphatic heterocycles. The van der Waals surface area contributed by atoms with E-state index in [0.717, 1.165) is 25.7 Å². The zero-order valence-corrected chi connectivity index (χ0v) is 10.9. The zero-order chi connectivity index (χ0) is 13.2. The minimum absolute atomic E-state index is 0.0720. The van der Waals surface area contributed by atoms with Crippen molar-refractivity contribution < 1.29 is 13.5 Å². The van der Waals surface area contributed by atoms with E-state index in [1.54, 1.807) is 18.2 Å². The fraction of sp³-hybridized carbons (Fsp3) is 0.500. The lowest BCUT2D eigenvalue weighted by Crippen LogP contribution is -2.36. The summed E-state index contributed by atoms with van der Waals surface area (Å²) in [6, 6.07) is 6.39. The van der Waals surface area contributed by atoms with Gasteiger partial charge in [-0.25, -0.2) is 13.6 Å². The first-order valence-electron chi connectivity index (χ1n) is 6.05. The summed E-state index contributed by atoms with van der Waals surface area (Å²) >= 11 is 0. The average Bonchev–Trinajstić information content (AvgIpc) is 2.31. The number of para-hydroxylation sites is 1. The van der Waals surface area contributed by atoms with Gasteiger partial charge in [0.25, 0.3) is 0 Å². The topological polar surface area (TPSA) is 92.4 Å². The number of rotatable bonds is 3. The highest BCUT2D eigenvalue weighted by Crippen LogP contribution is 2.25. The molecule has 1 aromatic rings. The van der Waals surface area contributed by atoms with E-state index in [1.165, 1.54) is 6.07 Å². The van der Waals surface area contributed by atoms with Crippen molar-refractivity contribution in [1.82, 2.24) is 0 Å². The second kappa shape index (κ2) is 5.26. The summed E-state index contributed by atoms with van der Waals surface area (Å²) in [6.07, 6.45) is 3.19. The van der Waals surface area contributed by atoms with Gasteiger partial charge in [-0.3, -0.25) is 0 Å². The van der Waals surface area contributed by atoms with Gasteiger partial charge in [-0.2, -0.15) is 0 Å². The number of hydrogen-bond acceptors (Lipinski definition) is 4. The molecular formula is C12H18N2O3S. The lowest BCUT2D eigenvalue weighted by Gasteiger charge is -2.29. The number of aliphatic hydroxyl groups is 1. The summed E-state index contributed by atoms with van der Waals surface area (Å²) < 4.78 is 22.9. The molecule has 0 bridgehead atoms. The standard InChI is InChI=1S/C12H18N2O3S/c13-18(16,17)12-8-4-2-6-10(12)14-9-5-1-3-7-11(9)15/h2,4,6,8-9,11,14-15H,1,3,5,7H2,(H2,13,16,17). The van der Waals surface area contributed by atoms with Gasteiger partial charge < -0.3 is 10.4 Å². The monoisotopic (exact) mass is 270 g/mol. The van der Waals surface area contributed by atoms with Crippen LogP contribution in [0, 0.1) is 0 Å². The molecule has 5 nitrogen and oxygen atoms in total. The lowest BCUT2D eigenvalue weighted by molar-refractivity contribution is 0.116. The molecule has 0 amide bonds. The van der Waals surface area contributed by atoms with E-state index in [0.29, 0.717) is 5.69 Å². The number of nitrogens with one attached hydrogen (secondary N) is 1. The molecule has 4 N–H and O–H groups in total. The summed E-state index contributed by atoms with van der Waals surface area (Å²) in [5, 5.41) is 18.1. The number of sulfonamides is 1. The number of aliphatic hydroxyl groups excluding tert-OH is 1. The van der Waals surface area contributed by atoms with Gasteiger partial charge in [0.2, 0.25) is 10.0 Å². The highest BCUT2D eigenvalue weighted by atomic mass is 32.2. The van der Waals surface area contributed by atoms with Crippen LogP contribution in [0.1, 0.15) is 25.7 Å². The summed E-state index contributed by atoms with van der Waals surface area (Å²) in [7, 11) is -3.75. The van der Waals surface area contributed by atoms with Crippen molar-refractivity contribution in [2.75, 3.05) is 5.32 Å². The Bertz CT molecular complexity index is 516. The van der Waals surface area contributed by atoms with E-state index in [4.69, 9.17) is 5.14 Å². The van der Waals surface area contributed by atoms with Crippen molar-refractivity contribution in [3.05, 3.63) is 24.3 Å². The molecule has 1 fully saturated rings. The SMILES string of the molecule is NS(=O)(=O)c1ccccc1NC1CCCCC1O. The molecule has 0 saturated heterocycles. The molecule has 18 heavy (non-hydrogen) atoms. The summed E-state index contributed by atoms with van der Waals surface area (Å²) in [5.41, 5.74) is 0.464. The second-order valence-corrected chi connectivity index (χ2v) is 6.17. The van der Waals surface area contributed by atoms with E-state index >= 15 is 0 Å². The smallest absolute Gasteiger partial charge is 0.240 e. The molecule has 2 rings (SSSR count). The van der Waals surface area contributed by atoms with Gasteiger partial charge in [0.1, 0.15) is 4.90 Å².